The molecule has 0 bridgehead atoms. The zero-order chi connectivity index (χ0) is 24.4. The average Bonchev–Trinajstić information content (AvgIpc) is 2.77. The summed E-state index contributed by atoms with van der Waals surface area (Å²) >= 11 is 0. The molecule has 0 heterocycles. The predicted octanol–water partition coefficient (Wildman–Crippen LogP) is 4.10. The van der Waals surface area contributed by atoms with Crippen LogP contribution in [-0.2, 0) is 25.7 Å². The highest BCUT2D eigenvalue weighted by atomic mass is 16.5. The summed E-state index contributed by atoms with van der Waals surface area (Å²) in [6.07, 6.45) is 1.34. The van der Waals surface area contributed by atoms with Crippen LogP contribution in [0.3, 0.4) is 0 Å². The van der Waals surface area contributed by atoms with Gasteiger partial charge >= 0.3 is 11.9 Å². The molecule has 1 atom stereocenters. The van der Waals surface area contributed by atoms with Gasteiger partial charge < -0.3 is 19.3 Å². The second-order valence-electron chi connectivity index (χ2n) is 8.59. The molecule has 178 valence electrons. The minimum Gasteiger partial charge on any atom is -0.462 e. The molecule has 2 rings (SSSR count). The molecule has 2 aromatic rings. The van der Waals surface area contributed by atoms with E-state index in [0.29, 0.717) is 17.7 Å². The highest BCUT2D eigenvalue weighted by molar-refractivity contribution is 6.03. The zero-order valence-electron chi connectivity index (χ0n) is 20.2. The number of esters is 2. The number of quaternary nitrogens is 1. The largest absolute Gasteiger partial charge is 0.462 e. The fourth-order valence-corrected chi connectivity index (χ4v) is 3.72. The molecule has 0 spiro atoms. The van der Waals surface area contributed by atoms with E-state index in [4.69, 9.17) is 9.47 Å². The first kappa shape index (κ1) is 26.1. The van der Waals surface area contributed by atoms with Gasteiger partial charge in [0.2, 0.25) is 0 Å². The molecule has 0 radical (unpaired) electrons. The van der Waals surface area contributed by atoms with E-state index in [0.717, 1.165) is 17.5 Å². The fourth-order valence-electron chi connectivity index (χ4n) is 3.72. The van der Waals surface area contributed by atoms with Gasteiger partial charge in [-0.2, -0.15) is 0 Å². The predicted molar refractivity (Wildman–Crippen MR) is 128 cm³/mol. The minimum atomic E-state index is -0.506. The van der Waals surface area contributed by atoms with Gasteiger partial charge in [-0.05, 0) is 37.5 Å². The van der Waals surface area contributed by atoms with E-state index < -0.39 is 12.0 Å². The molecule has 1 unspecified atom stereocenters. The minimum absolute atomic E-state index is 0.0451. The molecular weight excluding hydrogens is 420 g/mol. The number of para-hydroxylation sites is 1. The van der Waals surface area contributed by atoms with Gasteiger partial charge in [0.25, 0.3) is 5.91 Å². The van der Waals surface area contributed by atoms with Gasteiger partial charge in [-0.15, -0.1) is 0 Å². The molecule has 0 saturated carbocycles. The number of ether oxygens (including phenoxy) is 2. The lowest BCUT2D eigenvalue weighted by molar-refractivity contribution is -0.899. The van der Waals surface area contributed by atoms with Crippen molar-refractivity contribution in [2.24, 2.45) is 0 Å². The number of amides is 1. The van der Waals surface area contributed by atoms with Crippen LogP contribution < -0.4 is 5.32 Å². The van der Waals surface area contributed by atoms with E-state index >= 15 is 0 Å². The lowest BCUT2D eigenvalue weighted by Crippen LogP contribution is -2.57. The Bertz CT molecular complexity index is 956. The second-order valence-corrected chi connectivity index (χ2v) is 8.59. The molecule has 1 N–H and O–H groups in total. The van der Waals surface area contributed by atoms with Crippen LogP contribution in [0.15, 0.2) is 48.5 Å². The Morgan fingerprint density at radius 1 is 0.970 bits per heavy atom. The topological polar surface area (TPSA) is 81.7 Å². The van der Waals surface area contributed by atoms with Crippen molar-refractivity contribution in [2.45, 2.75) is 46.3 Å². The number of nitrogens with zero attached hydrogens (tertiary/aromatic N) is 1. The quantitative estimate of drug-likeness (QED) is 0.408. The van der Waals surface area contributed by atoms with E-state index in [1.165, 1.54) is 0 Å². The third-order valence-corrected chi connectivity index (χ3v) is 5.50. The van der Waals surface area contributed by atoms with Gasteiger partial charge in [0.15, 0.2) is 12.6 Å². The van der Waals surface area contributed by atoms with Crippen LogP contribution in [0, 0.1) is 6.92 Å². The molecule has 7 nitrogen and oxygen atoms in total. The number of aryl methyl sites for hydroxylation is 1. The van der Waals surface area contributed by atoms with Gasteiger partial charge in [0.05, 0.1) is 32.0 Å². The Morgan fingerprint density at radius 2 is 1.67 bits per heavy atom. The molecule has 7 heteroatoms. The first-order valence-corrected chi connectivity index (χ1v) is 11.3. The molecule has 1 amide bonds. The van der Waals surface area contributed by atoms with Crippen LogP contribution in [-0.4, -0.2) is 55.6 Å². The number of carbonyl (C=O) groups is 3. The number of hydrogen-bond acceptors (Lipinski definition) is 5. The lowest BCUT2D eigenvalue weighted by Gasteiger charge is -2.36. The van der Waals surface area contributed by atoms with Gasteiger partial charge in [-0.3, -0.25) is 4.79 Å². The Labute approximate surface area is 196 Å². The summed E-state index contributed by atoms with van der Waals surface area (Å²) in [6.45, 7) is 6.04. The van der Waals surface area contributed by atoms with Crippen LogP contribution >= 0.6 is 0 Å². The van der Waals surface area contributed by atoms with E-state index in [2.05, 4.69) is 5.32 Å². The van der Waals surface area contributed by atoms with Gasteiger partial charge in [-0.25, -0.2) is 9.59 Å². The SMILES string of the molecule is CCCC(C(=O)Nc1c(C)cccc1C(=O)OCC)[N+](C)(C)CC(=O)OCc1ccccc1. The van der Waals surface area contributed by atoms with E-state index in [-0.39, 0.29) is 36.1 Å². The van der Waals surface area contributed by atoms with Crippen molar-refractivity contribution < 1.29 is 28.3 Å². The fraction of sp³-hybridized carbons (Fsp3) is 0.423. The van der Waals surface area contributed by atoms with Crippen molar-refractivity contribution in [2.75, 3.05) is 32.6 Å². The maximum Gasteiger partial charge on any atom is 0.362 e. The second kappa shape index (κ2) is 12.2. The monoisotopic (exact) mass is 455 g/mol. The smallest absolute Gasteiger partial charge is 0.362 e. The van der Waals surface area contributed by atoms with Crippen molar-refractivity contribution in [3.63, 3.8) is 0 Å². The molecule has 0 aliphatic carbocycles. The number of nitrogens with one attached hydrogen (secondary N) is 1. The standard InChI is InChI=1S/C26H34N2O5/c1-6-12-22(28(4,5)17-23(29)33-18-20-14-9-8-10-15-20)25(30)27-24-19(3)13-11-16-21(24)26(31)32-7-2/h8-11,13-16,22H,6-7,12,17-18H2,1-5H3/p+1. The van der Waals surface area contributed by atoms with Crippen molar-refractivity contribution in [1.29, 1.82) is 0 Å². The molecular formula is C26H35N2O5+. The van der Waals surface area contributed by atoms with Crippen LogP contribution in [0.25, 0.3) is 0 Å². The van der Waals surface area contributed by atoms with Gasteiger partial charge in [0, 0.05) is 6.42 Å². The number of anilines is 1. The zero-order valence-corrected chi connectivity index (χ0v) is 20.2. The molecule has 0 aliphatic rings. The number of rotatable bonds is 11. The van der Waals surface area contributed by atoms with E-state index in [1.54, 1.807) is 19.1 Å². The summed E-state index contributed by atoms with van der Waals surface area (Å²) in [5.41, 5.74) is 2.42. The maximum atomic E-state index is 13.4. The first-order valence-electron chi connectivity index (χ1n) is 11.3. The summed E-state index contributed by atoms with van der Waals surface area (Å²) in [6, 6.07) is 14.2. The summed E-state index contributed by atoms with van der Waals surface area (Å²) in [5, 5.41) is 2.93. The molecule has 2 aromatic carbocycles. The average molecular weight is 456 g/mol. The summed E-state index contributed by atoms with van der Waals surface area (Å²) in [5.74, 6) is -1.11. The summed E-state index contributed by atoms with van der Waals surface area (Å²) in [7, 11) is 3.68. The number of likely N-dealkylation sites (N-methyl/N-ethyl adjacent to an activating group) is 1. The molecule has 33 heavy (non-hydrogen) atoms. The lowest BCUT2D eigenvalue weighted by atomic mass is 10.0. The first-order chi connectivity index (χ1) is 15.7. The molecule has 0 aromatic heterocycles. The van der Waals surface area contributed by atoms with Crippen LogP contribution in [0.5, 0.6) is 0 Å². The third kappa shape index (κ3) is 7.43. The number of hydrogen-bond donors (Lipinski definition) is 1. The maximum absolute atomic E-state index is 13.4. The normalized spacial score (nSPS) is 12.0. The van der Waals surface area contributed by atoms with Crippen molar-refractivity contribution in [1.82, 2.24) is 0 Å². The number of carbonyl (C=O) groups excluding carboxylic acids is 3. The Hall–Kier alpha value is -3.19. The highest BCUT2D eigenvalue weighted by Gasteiger charge is 2.37. The molecule has 0 fully saturated rings. The van der Waals surface area contributed by atoms with Crippen molar-refractivity contribution in [3.05, 3.63) is 65.2 Å². The summed E-state index contributed by atoms with van der Waals surface area (Å²) < 4.78 is 10.7. The van der Waals surface area contributed by atoms with Gasteiger partial charge in [-0.1, -0.05) is 49.4 Å². The third-order valence-electron chi connectivity index (χ3n) is 5.50. The van der Waals surface area contributed by atoms with Crippen LogP contribution in [0.1, 0.15) is 48.2 Å². The van der Waals surface area contributed by atoms with Crippen molar-refractivity contribution in [3.8, 4) is 0 Å². The molecule has 0 saturated heterocycles. The van der Waals surface area contributed by atoms with Crippen molar-refractivity contribution >= 4 is 23.5 Å². The number of benzene rings is 2. The van der Waals surface area contributed by atoms with E-state index in [1.807, 2.05) is 64.3 Å². The van der Waals surface area contributed by atoms with Crippen LogP contribution in [0.4, 0.5) is 5.69 Å². The highest BCUT2D eigenvalue weighted by Crippen LogP contribution is 2.24. The Kier molecular flexibility index (Phi) is 9.60. The summed E-state index contributed by atoms with van der Waals surface area (Å²) in [4.78, 5) is 38.3. The van der Waals surface area contributed by atoms with Gasteiger partial charge in [0.1, 0.15) is 6.61 Å². The van der Waals surface area contributed by atoms with E-state index in [9.17, 15) is 14.4 Å². The Balaban J connectivity index is 2.15. The Morgan fingerprint density at radius 3 is 2.30 bits per heavy atom. The molecule has 0 aliphatic heterocycles. The van der Waals surface area contributed by atoms with Crippen LogP contribution in [0.2, 0.25) is 0 Å².